The molecule has 166 valence electrons. The lowest BCUT2D eigenvalue weighted by atomic mass is 9.70. The molecule has 0 aromatic heterocycles. The van der Waals surface area contributed by atoms with Crippen LogP contribution in [0.25, 0.3) is 0 Å². The number of piperidine rings is 2. The fraction of sp³-hybridized carbons (Fsp3) is 0.625. The van der Waals surface area contributed by atoms with Crippen LogP contribution < -0.4 is 11.1 Å². The average Bonchev–Trinajstić information content (AvgIpc) is 3.31. The van der Waals surface area contributed by atoms with Crippen molar-refractivity contribution >= 4 is 17.7 Å². The molecule has 1 aromatic carbocycles. The zero-order valence-corrected chi connectivity index (χ0v) is 18.1. The lowest BCUT2D eigenvalue weighted by Gasteiger charge is -2.43. The zero-order chi connectivity index (χ0) is 21.6. The van der Waals surface area contributed by atoms with Gasteiger partial charge in [-0.05, 0) is 80.3 Å². The van der Waals surface area contributed by atoms with Gasteiger partial charge in [0, 0.05) is 25.1 Å². The van der Waals surface area contributed by atoms with Crippen LogP contribution in [0.3, 0.4) is 0 Å². The van der Waals surface area contributed by atoms with Gasteiger partial charge in [-0.1, -0.05) is 18.6 Å². The van der Waals surface area contributed by atoms with Gasteiger partial charge in [-0.25, -0.2) is 0 Å². The molecule has 2 atom stereocenters. The number of amides is 3. The van der Waals surface area contributed by atoms with E-state index in [9.17, 15) is 14.4 Å². The Balaban J connectivity index is 1.28. The van der Waals surface area contributed by atoms with Gasteiger partial charge in [-0.2, -0.15) is 0 Å². The van der Waals surface area contributed by atoms with Crippen LogP contribution in [0.4, 0.5) is 0 Å². The second-order valence-corrected chi connectivity index (χ2v) is 9.81. The first kappa shape index (κ1) is 20.6. The number of hydrogen-bond acceptors (Lipinski definition) is 5. The molecule has 7 heteroatoms. The number of rotatable bonds is 4. The number of benzene rings is 1. The summed E-state index contributed by atoms with van der Waals surface area (Å²) in [5.41, 5.74) is 9.44. The molecule has 1 aromatic rings. The molecule has 0 radical (unpaired) electrons. The molecule has 1 aliphatic carbocycles. The molecule has 2 saturated heterocycles. The third kappa shape index (κ3) is 3.57. The van der Waals surface area contributed by atoms with Crippen LogP contribution >= 0.6 is 0 Å². The number of imide groups is 1. The van der Waals surface area contributed by atoms with Crippen molar-refractivity contribution in [3.63, 3.8) is 0 Å². The fourth-order valence-electron chi connectivity index (χ4n) is 6.43. The van der Waals surface area contributed by atoms with Gasteiger partial charge in [0.25, 0.3) is 5.91 Å². The Morgan fingerprint density at radius 2 is 1.90 bits per heavy atom. The van der Waals surface area contributed by atoms with E-state index in [4.69, 9.17) is 5.73 Å². The smallest absolute Gasteiger partial charge is 0.255 e. The van der Waals surface area contributed by atoms with Crippen LogP contribution in [-0.2, 0) is 22.7 Å². The maximum Gasteiger partial charge on any atom is 0.255 e. The first-order valence-corrected chi connectivity index (χ1v) is 11.7. The quantitative estimate of drug-likeness (QED) is 0.719. The summed E-state index contributed by atoms with van der Waals surface area (Å²) in [6.07, 6.45) is 7.02. The van der Waals surface area contributed by atoms with Crippen LogP contribution in [0.5, 0.6) is 0 Å². The molecule has 1 saturated carbocycles. The van der Waals surface area contributed by atoms with Crippen molar-refractivity contribution in [1.29, 1.82) is 0 Å². The Kier molecular flexibility index (Phi) is 5.34. The van der Waals surface area contributed by atoms with Crippen LogP contribution in [0.2, 0.25) is 0 Å². The molecule has 0 bridgehead atoms. The topological polar surface area (TPSA) is 95.7 Å². The van der Waals surface area contributed by atoms with Gasteiger partial charge in [-0.15, -0.1) is 0 Å². The highest BCUT2D eigenvalue weighted by atomic mass is 16.2. The van der Waals surface area contributed by atoms with Crippen LogP contribution in [-0.4, -0.2) is 53.2 Å². The van der Waals surface area contributed by atoms with E-state index in [1.165, 1.54) is 37.7 Å². The molecular formula is C24H32N4O3. The first-order chi connectivity index (χ1) is 15.0. The lowest BCUT2D eigenvalue weighted by Crippen LogP contribution is -2.52. The Morgan fingerprint density at radius 3 is 2.65 bits per heavy atom. The third-order valence-corrected chi connectivity index (χ3v) is 8.30. The van der Waals surface area contributed by atoms with E-state index in [0.29, 0.717) is 29.9 Å². The first-order valence-electron chi connectivity index (χ1n) is 11.7. The number of nitrogens with two attached hydrogens (primary N) is 1. The van der Waals surface area contributed by atoms with Crippen molar-refractivity contribution in [2.75, 3.05) is 19.6 Å². The van der Waals surface area contributed by atoms with Crippen molar-refractivity contribution in [1.82, 2.24) is 15.1 Å². The molecule has 3 heterocycles. The van der Waals surface area contributed by atoms with E-state index in [1.807, 2.05) is 12.1 Å². The molecule has 3 amide bonds. The van der Waals surface area contributed by atoms with Crippen molar-refractivity contribution in [2.45, 2.75) is 64.1 Å². The fourth-order valence-corrected chi connectivity index (χ4v) is 6.43. The van der Waals surface area contributed by atoms with Gasteiger partial charge in [0.15, 0.2) is 0 Å². The minimum absolute atomic E-state index is 0.0966. The summed E-state index contributed by atoms with van der Waals surface area (Å²) in [6, 6.07) is 5.37. The van der Waals surface area contributed by atoms with Crippen molar-refractivity contribution in [3.05, 3.63) is 34.9 Å². The molecule has 2 unspecified atom stereocenters. The highest BCUT2D eigenvalue weighted by Gasteiger charge is 2.44. The number of hydrogen-bond donors (Lipinski definition) is 2. The standard InChI is InChI=1S/C24H32N4O3/c25-13-17-4-2-8-24(17)9-11-27(12-10-24)14-16-3-1-5-18-19(16)15-28(23(18)31)20-6-7-21(29)26-22(20)30/h1,3,5,17,20H,2,4,6-15,25H2,(H,26,29,30). The molecule has 3 fully saturated rings. The van der Waals surface area contributed by atoms with Gasteiger partial charge >= 0.3 is 0 Å². The van der Waals surface area contributed by atoms with E-state index in [1.54, 1.807) is 4.90 Å². The summed E-state index contributed by atoms with van der Waals surface area (Å²) in [5, 5.41) is 2.38. The largest absolute Gasteiger partial charge is 0.330 e. The normalized spacial score (nSPS) is 28.3. The number of likely N-dealkylation sites (tertiary alicyclic amines) is 1. The van der Waals surface area contributed by atoms with Crippen LogP contribution in [0.15, 0.2) is 18.2 Å². The molecule has 3 N–H and O–H groups in total. The number of nitrogens with one attached hydrogen (secondary N) is 1. The molecule has 7 nitrogen and oxygen atoms in total. The van der Waals surface area contributed by atoms with Crippen molar-refractivity contribution in [3.8, 4) is 0 Å². The predicted octanol–water partition coefficient (Wildman–Crippen LogP) is 1.79. The summed E-state index contributed by atoms with van der Waals surface area (Å²) in [7, 11) is 0. The summed E-state index contributed by atoms with van der Waals surface area (Å²) in [5.74, 6) is -0.0320. The van der Waals surface area contributed by atoms with Crippen LogP contribution in [0.1, 0.15) is 66.4 Å². The number of nitrogens with zero attached hydrogens (tertiary/aromatic N) is 2. The minimum atomic E-state index is -0.559. The molecule has 31 heavy (non-hydrogen) atoms. The number of carbonyl (C=O) groups is 3. The average molecular weight is 425 g/mol. The molecule has 5 rings (SSSR count). The maximum absolute atomic E-state index is 13.0. The van der Waals surface area contributed by atoms with E-state index >= 15 is 0 Å². The highest BCUT2D eigenvalue weighted by molar-refractivity contribution is 6.05. The number of fused-ring (bicyclic) bond motifs is 1. The second kappa shape index (κ2) is 8.02. The molecule has 4 aliphatic rings. The van der Waals surface area contributed by atoms with E-state index in [-0.39, 0.29) is 24.1 Å². The minimum Gasteiger partial charge on any atom is -0.330 e. The Bertz CT molecular complexity index is 906. The van der Waals surface area contributed by atoms with E-state index in [0.717, 1.165) is 31.7 Å². The van der Waals surface area contributed by atoms with E-state index < -0.39 is 6.04 Å². The summed E-state index contributed by atoms with van der Waals surface area (Å²) < 4.78 is 0. The SMILES string of the molecule is NCC1CCCC12CCN(Cc1cccc3c1CN(C1CCC(=O)NC1=O)C3=O)CC2. The molecule has 1 spiro atoms. The van der Waals surface area contributed by atoms with Crippen molar-refractivity contribution in [2.24, 2.45) is 17.1 Å². The molecular weight excluding hydrogens is 392 g/mol. The Morgan fingerprint density at radius 1 is 1.10 bits per heavy atom. The second-order valence-electron chi connectivity index (χ2n) is 9.81. The summed E-state index contributed by atoms with van der Waals surface area (Å²) in [4.78, 5) is 41.0. The predicted molar refractivity (Wildman–Crippen MR) is 116 cm³/mol. The highest BCUT2D eigenvalue weighted by Crippen LogP contribution is 2.50. The maximum atomic E-state index is 13.0. The van der Waals surface area contributed by atoms with Gasteiger partial charge < -0.3 is 10.6 Å². The lowest BCUT2D eigenvalue weighted by molar-refractivity contribution is -0.136. The van der Waals surface area contributed by atoms with Crippen LogP contribution in [0, 0.1) is 11.3 Å². The van der Waals surface area contributed by atoms with Crippen molar-refractivity contribution < 1.29 is 14.4 Å². The Labute approximate surface area is 183 Å². The number of carbonyl (C=O) groups excluding carboxylic acids is 3. The zero-order valence-electron chi connectivity index (χ0n) is 18.1. The van der Waals surface area contributed by atoms with Gasteiger partial charge in [0.05, 0.1) is 0 Å². The summed E-state index contributed by atoms with van der Waals surface area (Å²) >= 11 is 0. The molecule has 3 aliphatic heterocycles. The van der Waals surface area contributed by atoms with Gasteiger partial charge in [0.2, 0.25) is 11.8 Å². The van der Waals surface area contributed by atoms with E-state index in [2.05, 4.69) is 16.3 Å². The third-order valence-electron chi connectivity index (χ3n) is 8.30. The van der Waals surface area contributed by atoms with Gasteiger partial charge in [0.1, 0.15) is 6.04 Å². The Hall–Kier alpha value is -2.25. The monoisotopic (exact) mass is 424 g/mol. The van der Waals surface area contributed by atoms with Gasteiger partial charge in [-0.3, -0.25) is 24.6 Å². The summed E-state index contributed by atoms with van der Waals surface area (Å²) in [6.45, 7) is 4.24.